The number of carbonyl (C=O) groups is 2. The van der Waals surface area contributed by atoms with E-state index in [-0.39, 0.29) is 11.8 Å². The van der Waals surface area contributed by atoms with E-state index in [1.807, 2.05) is 52.0 Å². The lowest BCUT2D eigenvalue weighted by molar-refractivity contribution is -0.130. The first-order valence-corrected chi connectivity index (χ1v) is 13.2. The smallest absolute Gasteiger partial charge is 0.255 e. The van der Waals surface area contributed by atoms with Crippen LogP contribution in [0.25, 0.3) is 16.8 Å². The maximum atomic E-state index is 12.8. The van der Waals surface area contributed by atoms with Crippen molar-refractivity contribution in [2.24, 2.45) is 0 Å². The number of anilines is 2. The number of imidazole rings is 1. The third-order valence-corrected chi connectivity index (χ3v) is 7.09. The van der Waals surface area contributed by atoms with Crippen molar-refractivity contribution in [3.8, 4) is 11.1 Å². The molecule has 4 aromatic rings. The first kappa shape index (κ1) is 24.8. The number of rotatable bonds is 6. The number of ether oxygens (including phenoxy) is 1. The summed E-state index contributed by atoms with van der Waals surface area (Å²) >= 11 is 0. The van der Waals surface area contributed by atoms with Gasteiger partial charge in [0.2, 0.25) is 5.91 Å². The van der Waals surface area contributed by atoms with Crippen molar-refractivity contribution in [2.75, 3.05) is 44.7 Å². The van der Waals surface area contributed by atoms with Crippen molar-refractivity contribution in [2.45, 2.75) is 12.8 Å². The molecule has 9 nitrogen and oxygen atoms in total. The predicted octanol–water partition coefficient (Wildman–Crippen LogP) is 3.94. The van der Waals surface area contributed by atoms with Gasteiger partial charge in [-0.3, -0.25) is 9.59 Å². The number of hydrogen-bond acceptors (Lipinski definition) is 6. The van der Waals surface area contributed by atoms with E-state index in [0.29, 0.717) is 50.7 Å². The number of benzene rings is 1. The van der Waals surface area contributed by atoms with Crippen LogP contribution in [-0.4, -0.2) is 75.4 Å². The number of morpholine rings is 1. The van der Waals surface area contributed by atoms with Gasteiger partial charge in [-0.1, -0.05) is 36.4 Å². The van der Waals surface area contributed by atoms with Gasteiger partial charge in [0.05, 0.1) is 30.9 Å². The van der Waals surface area contributed by atoms with Crippen LogP contribution in [0.2, 0.25) is 0 Å². The van der Waals surface area contributed by atoms with Crippen LogP contribution in [0.4, 0.5) is 11.5 Å². The van der Waals surface area contributed by atoms with E-state index >= 15 is 0 Å². The zero-order valence-corrected chi connectivity index (χ0v) is 21.6. The molecule has 0 atom stereocenters. The van der Waals surface area contributed by atoms with Gasteiger partial charge in [-0.2, -0.15) is 0 Å². The molecule has 1 aromatic carbocycles. The summed E-state index contributed by atoms with van der Waals surface area (Å²) in [6, 6.07) is 13.7. The van der Waals surface area contributed by atoms with Crippen molar-refractivity contribution in [3.63, 3.8) is 0 Å². The topological polar surface area (TPSA) is 92.1 Å². The molecule has 1 fully saturated rings. The van der Waals surface area contributed by atoms with Crippen molar-refractivity contribution >= 4 is 29.0 Å². The molecule has 3 aromatic heterocycles. The minimum Gasteiger partial charge on any atom is -0.378 e. The van der Waals surface area contributed by atoms with Crippen molar-refractivity contribution < 1.29 is 14.3 Å². The standard InChI is InChI=1S/C30H30N6O3/c37-28(34-10-2-1-3-11-34)18-22-5-4-6-23(17-22)25-19-26(29-31-9-12-36(29)21-25)33-27-8-7-24(20-32-27)30(38)35-13-15-39-16-14-35/h1-2,4-9,12,17,19-21H,3,10-11,13-16,18H2,(H,32,33). The molecule has 0 unspecified atom stereocenters. The first-order valence-electron chi connectivity index (χ1n) is 13.2. The third kappa shape index (κ3) is 5.53. The zero-order chi connectivity index (χ0) is 26.6. The van der Waals surface area contributed by atoms with E-state index in [0.717, 1.165) is 41.0 Å². The Balaban J connectivity index is 1.22. The Morgan fingerprint density at radius 2 is 1.85 bits per heavy atom. The molecule has 0 bridgehead atoms. The number of fused-ring (bicyclic) bond motifs is 1. The Labute approximate surface area is 226 Å². The second-order valence-corrected chi connectivity index (χ2v) is 9.74. The first-order chi connectivity index (χ1) is 19.1. The molecule has 198 valence electrons. The van der Waals surface area contributed by atoms with Crippen LogP contribution in [-0.2, 0) is 16.0 Å². The van der Waals surface area contributed by atoms with E-state index in [2.05, 4.69) is 33.5 Å². The summed E-state index contributed by atoms with van der Waals surface area (Å²) in [7, 11) is 0. The second-order valence-electron chi connectivity index (χ2n) is 9.74. The largest absolute Gasteiger partial charge is 0.378 e. The lowest BCUT2D eigenvalue weighted by Gasteiger charge is -2.26. The highest BCUT2D eigenvalue weighted by Crippen LogP contribution is 2.28. The SMILES string of the molecule is O=C(Cc1cccc(-c2cc(Nc3ccc(C(=O)N4CCOCC4)cn3)c3nccn3c2)c1)N1CC=CCC1. The number of pyridine rings is 2. The number of carbonyl (C=O) groups excluding carboxylic acids is 2. The highest BCUT2D eigenvalue weighted by Gasteiger charge is 2.19. The quantitative estimate of drug-likeness (QED) is 0.386. The monoisotopic (exact) mass is 522 g/mol. The van der Waals surface area contributed by atoms with Crippen molar-refractivity contribution in [1.82, 2.24) is 24.2 Å². The maximum absolute atomic E-state index is 12.8. The van der Waals surface area contributed by atoms with Crippen LogP contribution in [0.1, 0.15) is 22.3 Å². The fraction of sp³-hybridized carbons (Fsp3) is 0.267. The minimum absolute atomic E-state index is 0.0369. The highest BCUT2D eigenvalue weighted by molar-refractivity contribution is 5.94. The summed E-state index contributed by atoms with van der Waals surface area (Å²) in [5, 5.41) is 3.37. The van der Waals surface area contributed by atoms with E-state index < -0.39 is 0 Å². The molecule has 5 heterocycles. The van der Waals surface area contributed by atoms with Gasteiger partial charge >= 0.3 is 0 Å². The van der Waals surface area contributed by atoms with Gasteiger partial charge < -0.3 is 24.3 Å². The molecule has 0 saturated carbocycles. The molecule has 0 radical (unpaired) electrons. The fourth-order valence-corrected chi connectivity index (χ4v) is 4.98. The number of hydrogen-bond donors (Lipinski definition) is 1. The molecule has 1 saturated heterocycles. The number of aromatic nitrogens is 3. The second kappa shape index (κ2) is 11.1. The normalized spacial score (nSPS) is 15.5. The molecule has 6 rings (SSSR count). The summed E-state index contributed by atoms with van der Waals surface area (Å²) in [5.41, 5.74) is 5.08. The molecule has 9 heteroatoms. The molecule has 2 aliphatic rings. The molecule has 2 amide bonds. The highest BCUT2D eigenvalue weighted by atomic mass is 16.5. The van der Waals surface area contributed by atoms with Crippen LogP contribution in [0, 0.1) is 0 Å². The van der Waals surface area contributed by atoms with Gasteiger partial charge in [0.25, 0.3) is 5.91 Å². The molecule has 39 heavy (non-hydrogen) atoms. The molecule has 1 N–H and O–H groups in total. The average molecular weight is 523 g/mol. The Morgan fingerprint density at radius 1 is 0.949 bits per heavy atom. The van der Waals surface area contributed by atoms with Gasteiger partial charge in [0, 0.05) is 56.5 Å². The number of amides is 2. The molecule has 0 aliphatic carbocycles. The lowest BCUT2D eigenvalue weighted by Crippen LogP contribution is -2.40. The minimum atomic E-state index is -0.0369. The lowest BCUT2D eigenvalue weighted by atomic mass is 10.0. The summed E-state index contributed by atoms with van der Waals surface area (Å²) in [4.78, 5) is 38.3. The maximum Gasteiger partial charge on any atom is 0.255 e. The number of nitrogens with zero attached hydrogens (tertiary/aromatic N) is 5. The summed E-state index contributed by atoms with van der Waals surface area (Å²) in [6.07, 6.45) is 12.7. The van der Waals surface area contributed by atoms with Crippen LogP contribution in [0.15, 0.2) is 79.4 Å². The van der Waals surface area contributed by atoms with Crippen LogP contribution >= 0.6 is 0 Å². The van der Waals surface area contributed by atoms with Crippen LogP contribution in [0.5, 0.6) is 0 Å². The molecular formula is C30H30N6O3. The van der Waals surface area contributed by atoms with Crippen molar-refractivity contribution in [1.29, 1.82) is 0 Å². The summed E-state index contributed by atoms with van der Waals surface area (Å²) < 4.78 is 7.31. The van der Waals surface area contributed by atoms with E-state index in [1.165, 1.54) is 0 Å². The van der Waals surface area contributed by atoms with Gasteiger partial charge in [-0.05, 0) is 35.7 Å². The zero-order valence-electron chi connectivity index (χ0n) is 21.6. The fourth-order valence-electron chi connectivity index (χ4n) is 4.98. The predicted molar refractivity (Wildman–Crippen MR) is 149 cm³/mol. The number of nitrogens with one attached hydrogen (secondary N) is 1. The Morgan fingerprint density at radius 3 is 2.64 bits per heavy atom. The average Bonchev–Trinajstić information content (AvgIpc) is 3.48. The van der Waals surface area contributed by atoms with Gasteiger partial charge in [-0.25, -0.2) is 9.97 Å². The third-order valence-electron chi connectivity index (χ3n) is 7.09. The van der Waals surface area contributed by atoms with Gasteiger partial charge in [0.1, 0.15) is 5.82 Å². The van der Waals surface area contributed by atoms with Crippen LogP contribution < -0.4 is 5.32 Å². The Kier molecular flexibility index (Phi) is 7.05. The van der Waals surface area contributed by atoms with Crippen LogP contribution in [0.3, 0.4) is 0 Å². The summed E-state index contributed by atoms with van der Waals surface area (Å²) in [6.45, 7) is 3.76. The molecule has 0 spiro atoms. The Hall–Kier alpha value is -4.50. The Bertz CT molecular complexity index is 1520. The molecule has 2 aliphatic heterocycles. The van der Waals surface area contributed by atoms with Gasteiger partial charge in [0.15, 0.2) is 5.65 Å². The van der Waals surface area contributed by atoms with E-state index in [4.69, 9.17) is 4.74 Å². The summed E-state index contributed by atoms with van der Waals surface area (Å²) in [5.74, 6) is 0.723. The van der Waals surface area contributed by atoms with Crippen molar-refractivity contribution in [3.05, 3.63) is 90.5 Å². The van der Waals surface area contributed by atoms with Gasteiger partial charge in [-0.15, -0.1) is 0 Å². The van der Waals surface area contributed by atoms with E-state index in [1.54, 1.807) is 23.4 Å². The molecular weight excluding hydrogens is 492 g/mol. The van der Waals surface area contributed by atoms with E-state index in [9.17, 15) is 9.59 Å².